The number of benzene rings is 3. The molecular weight excluding hydrogens is 394 g/mol. The van der Waals surface area contributed by atoms with E-state index in [1.54, 1.807) is 7.11 Å². The van der Waals surface area contributed by atoms with Crippen molar-refractivity contribution < 1.29 is 9.47 Å². The Kier molecular flexibility index (Phi) is 6.93. The minimum Gasteiger partial charge on any atom is -0.497 e. The maximum absolute atomic E-state index is 6.04. The Morgan fingerprint density at radius 2 is 1.57 bits per heavy atom. The fraction of sp³-hybridized carbons (Fsp3) is 0.308. The largest absolute Gasteiger partial charge is 0.497 e. The highest BCUT2D eigenvalue weighted by molar-refractivity contribution is 6.30. The van der Waals surface area contributed by atoms with Gasteiger partial charge in [0.05, 0.1) is 7.11 Å². The molecule has 0 radical (unpaired) electrons. The molecule has 1 heterocycles. The molecule has 3 aromatic carbocycles. The fourth-order valence-electron chi connectivity index (χ4n) is 3.98. The van der Waals surface area contributed by atoms with Crippen molar-refractivity contribution in [3.05, 3.63) is 82.9 Å². The minimum absolute atomic E-state index is 0.740. The van der Waals surface area contributed by atoms with Gasteiger partial charge in [0.1, 0.15) is 18.1 Å². The van der Waals surface area contributed by atoms with Crippen molar-refractivity contribution in [1.82, 2.24) is 4.90 Å². The Morgan fingerprint density at radius 3 is 2.27 bits per heavy atom. The van der Waals surface area contributed by atoms with Crippen LogP contribution >= 0.6 is 11.6 Å². The number of likely N-dealkylation sites (tertiary alicyclic amines) is 1. The number of nitrogens with zero attached hydrogens (tertiary/aromatic N) is 1. The highest BCUT2D eigenvalue weighted by Crippen LogP contribution is 2.30. The molecule has 0 aliphatic carbocycles. The van der Waals surface area contributed by atoms with Crippen molar-refractivity contribution in [3.8, 4) is 22.6 Å². The molecule has 3 aromatic rings. The van der Waals surface area contributed by atoms with E-state index in [2.05, 4.69) is 53.4 Å². The lowest BCUT2D eigenvalue weighted by Crippen LogP contribution is -2.25. The molecule has 0 N–H and O–H groups in total. The second kappa shape index (κ2) is 10.0. The summed E-state index contributed by atoms with van der Waals surface area (Å²) < 4.78 is 11.4. The average molecular weight is 422 g/mol. The first kappa shape index (κ1) is 20.8. The summed E-state index contributed by atoms with van der Waals surface area (Å²) in [4.78, 5) is 2.47. The van der Waals surface area contributed by atoms with E-state index >= 15 is 0 Å². The Bertz CT molecular complexity index is 948. The van der Waals surface area contributed by atoms with Gasteiger partial charge in [0.2, 0.25) is 0 Å². The first-order valence-corrected chi connectivity index (χ1v) is 11.0. The molecule has 4 heteroatoms. The molecule has 1 fully saturated rings. The Morgan fingerprint density at radius 1 is 0.867 bits per heavy atom. The third-order valence-corrected chi connectivity index (χ3v) is 5.91. The molecule has 3 nitrogen and oxygen atoms in total. The van der Waals surface area contributed by atoms with Crippen LogP contribution in [0.4, 0.5) is 0 Å². The molecule has 0 saturated carbocycles. The van der Waals surface area contributed by atoms with Gasteiger partial charge in [-0.3, -0.25) is 4.90 Å². The molecule has 30 heavy (non-hydrogen) atoms. The molecule has 0 amide bonds. The third kappa shape index (κ3) is 5.35. The normalized spacial score (nSPS) is 14.1. The zero-order chi connectivity index (χ0) is 20.8. The SMILES string of the molecule is COc1ccc(-c2ccc(OCCN3CCCC3)cc2)c(Cc2ccc(Cl)cc2)c1. The molecule has 0 spiro atoms. The van der Waals surface area contributed by atoms with Crippen molar-refractivity contribution in [3.63, 3.8) is 0 Å². The van der Waals surface area contributed by atoms with Gasteiger partial charge in [-0.25, -0.2) is 0 Å². The van der Waals surface area contributed by atoms with Crippen molar-refractivity contribution >= 4 is 11.6 Å². The summed E-state index contributed by atoms with van der Waals surface area (Å²) in [6, 6.07) is 22.7. The molecule has 1 saturated heterocycles. The summed E-state index contributed by atoms with van der Waals surface area (Å²) in [6.45, 7) is 4.15. The van der Waals surface area contributed by atoms with E-state index in [9.17, 15) is 0 Å². The van der Waals surface area contributed by atoms with Crippen molar-refractivity contribution in [2.45, 2.75) is 19.3 Å². The van der Waals surface area contributed by atoms with E-state index in [0.717, 1.165) is 36.1 Å². The van der Waals surface area contributed by atoms with Crippen LogP contribution in [0.15, 0.2) is 66.7 Å². The van der Waals surface area contributed by atoms with Crippen LogP contribution in [0.2, 0.25) is 5.02 Å². The van der Waals surface area contributed by atoms with E-state index in [4.69, 9.17) is 21.1 Å². The number of rotatable bonds is 8. The highest BCUT2D eigenvalue weighted by atomic mass is 35.5. The summed E-state index contributed by atoms with van der Waals surface area (Å²) in [5, 5.41) is 0.755. The van der Waals surface area contributed by atoms with Gasteiger partial charge in [-0.1, -0.05) is 41.9 Å². The predicted molar refractivity (Wildman–Crippen MR) is 124 cm³/mol. The Labute approximate surface area is 184 Å². The van der Waals surface area contributed by atoms with Gasteiger partial charge >= 0.3 is 0 Å². The van der Waals surface area contributed by atoms with Gasteiger partial charge in [0, 0.05) is 11.6 Å². The monoisotopic (exact) mass is 421 g/mol. The summed E-state index contributed by atoms with van der Waals surface area (Å²) in [5.74, 6) is 1.79. The average Bonchev–Trinajstić information content (AvgIpc) is 3.29. The molecule has 0 bridgehead atoms. The zero-order valence-electron chi connectivity index (χ0n) is 17.4. The highest BCUT2D eigenvalue weighted by Gasteiger charge is 2.11. The number of methoxy groups -OCH3 is 1. The van der Waals surface area contributed by atoms with Crippen LogP contribution in [0.3, 0.4) is 0 Å². The lowest BCUT2D eigenvalue weighted by molar-refractivity contribution is 0.238. The zero-order valence-corrected chi connectivity index (χ0v) is 18.2. The van der Waals surface area contributed by atoms with Crippen LogP contribution in [0.5, 0.6) is 11.5 Å². The lowest BCUT2D eigenvalue weighted by atomic mass is 9.94. The Hall–Kier alpha value is -2.49. The van der Waals surface area contributed by atoms with Crippen LogP contribution in [-0.4, -0.2) is 38.3 Å². The second-order valence-corrected chi connectivity index (χ2v) is 8.18. The number of ether oxygens (including phenoxy) is 2. The van der Waals surface area contributed by atoms with Crippen molar-refractivity contribution in [2.24, 2.45) is 0 Å². The molecule has 1 aliphatic rings. The minimum atomic E-state index is 0.740. The van der Waals surface area contributed by atoms with Gasteiger partial charge in [-0.15, -0.1) is 0 Å². The standard InChI is InChI=1S/C26H28ClNO2/c1-29-25-12-13-26(22(19-25)18-20-4-8-23(27)9-5-20)21-6-10-24(11-7-21)30-17-16-28-14-2-3-15-28/h4-13,19H,2-3,14-18H2,1H3. The van der Waals surface area contributed by atoms with Gasteiger partial charge < -0.3 is 9.47 Å². The Balaban J connectivity index is 1.48. The number of hydrogen-bond donors (Lipinski definition) is 0. The quantitative estimate of drug-likeness (QED) is 0.440. The molecule has 4 rings (SSSR count). The lowest BCUT2D eigenvalue weighted by Gasteiger charge is -2.15. The van der Waals surface area contributed by atoms with Crippen molar-refractivity contribution in [2.75, 3.05) is 33.4 Å². The maximum atomic E-state index is 6.04. The predicted octanol–water partition coefficient (Wildman–Crippen LogP) is 6.08. The number of hydrogen-bond acceptors (Lipinski definition) is 3. The van der Waals surface area contributed by atoms with Crippen LogP contribution in [-0.2, 0) is 6.42 Å². The first-order valence-electron chi connectivity index (χ1n) is 10.6. The van der Waals surface area contributed by atoms with Crippen LogP contribution in [0, 0.1) is 0 Å². The van der Waals surface area contributed by atoms with Gasteiger partial charge in [0.15, 0.2) is 0 Å². The molecule has 156 valence electrons. The van der Waals surface area contributed by atoms with Crippen molar-refractivity contribution in [1.29, 1.82) is 0 Å². The van der Waals surface area contributed by atoms with E-state index in [1.807, 2.05) is 18.2 Å². The summed E-state index contributed by atoms with van der Waals surface area (Å²) in [7, 11) is 1.70. The number of halogens is 1. The first-order chi connectivity index (χ1) is 14.7. The fourth-order valence-corrected chi connectivity index (χ4v) is 4.10. The third-order valence-electron chi connectivity index (χ3n) is 5.66. The van der Waals surface area contributed by atoms with Crippen LogP contribution < -0.4 is 9.47 Å². The van der Waals surface area contributed by atoms with Crippen LogP contribution in [0.25, 0.3) is 11.1 Å². The van der Waals surface area contributed by atoms with Gasteiger partial charge in [-0.2, -0.15) is 0 Å². The molecular formula is C26H28ClNO2. The molecule has 0 aromatic heterocycles. The topological polar surface area (TPSA) is 21.7 Å². The van der Waals surface area contributed by atoms with E-state index in [1.165, 1.54) is 48.2 Å². The van der Waals surface area contributed by atoms with E-state index < -0.39 is 0 Å². The van der Waals surface area contributed by atoms with E-state index in [0.29, 0.717) is 0 Å². The van der Waals surface area contributed by atoms with Crippen LogP contribution in [0.1, 0.15) is 24.0 Å². The summed E-state index contributed by atoms with van der Waals surface area (Å²) in [5.41, 5.74) is 4.82. The second-order valence-electron chi connectivity index (χ2n) is 7.75. The summed E-state index contributed by atoms with van der Waals surface area (Å²) in [6.07, 6.45) is 3.45. The summed E-state index contributed by atoms with van der Waals surface area (Å²) >= 11 is 6.04. The van der Waals surface area contributed by atoms with Gasteiger partial charge in [0.25, 0.3) is 0 Å². The molecule has 1 aliphatic heterocycles. The smallest absolute Gasteiger partial charge is 0.119 e. The van der Waals surface area contributed by atoms with Gasteiger partial charge in [-0.05, 0) is 91.0 Å². The van der Waals surface area contributed by atoms with E-state index in [-0.39, 0.29) is 0 Å². The molecule has 0 unspecified atom stereocenters. The molecule has 0 atom stereocenters. The maximum Gasteiger partial charge on any atom is 0.119 e.